The lowest BCUT2D eigenvalue weighted by Gasteiger charge is -2.13. The van der Waals surface area contributed by atoms with Crippen molar-refractivity contribution in [1.29, 1.82) is 0 Å². The first-order valence-electron chi connectivity index (χ1n) is 5.80. The minimum atomic E-state index is -0.111. The van der Waals surface area contributed by atoms with Crippen molar-refractivity contribution < 1.29 is 0 Å². The fourth-order valence-electron chi connectivity index (χ4n) is 1.90. The van der Waals surface area contributed by atoms with Gasteiger partial charge in [-0.2, -0.15) is 0 Å². The van der Waals surface area contributed by atoms with Crippen LogP contribution in [-0.4, -0.2) is 0 Å². The molecule has 1 nitrogen and oxygen atoms in total. The average molecular weight is 246 g/mol. The van der Waals surface area contributed by atoms with E-state index in [1.165, 1.54) is 5.56 Å². The van der Waals surface area contributed by atoms with Gasteiger partial charge in [0.05, 0.1) is 6.04 Å². The molecular weight excluding hydrogens is 230 g/mol. The Morgan fingerprint density at radius 2 is 1.71 bits per heavy atom. The Hall–Kier alpha value is -1.31. The van der Waals surface area contributed by atoms with Crippen LogP contribution in [0.4, 0.5) is 0 Å². The van der Waals surface area contributed by atoms with Gasteiger partial charge in [0.25, 0.3) is 0 Å². The van der Waals surface area contributed by atoms with Crippen LogP contribution in [0.2, 0.25) is 5.02 Å². The van der Waals surface area contributed by atoms with E-state index in [-0.39, 0.29) is 6.04 Å². The number of benzene rings is 2. The first kappa shape index (κ1) is 12.2. The molecule has 0 heterocycles. The predicted octanol–water partition coefficient (Wildman–Crippen LogP) is 3.95. The molecule has 1 unspecified atom stereocenters. The lowest BCUT2D eigenvalue weighted by atomic mass is 9.97. The first-order chi connectivity index (χ1) is 8.20. The third-order valence-electron chi connectivity index (χ3n) is 2.93. The summed E-state index contributed by atoms with van der Waals surface area (Å²) in [4.78, 5) is 0. The summed E-state index contributed by atoms with van der Waals surface area (Å²) in [6.45, 7) is 2.14. The Morgan fingerprint density at radius 3 is 2.35 bits per heavy atom. The van der Waals surface area contributed by atoms with Gasteiger partial charge in [-0.15, -0.1) is 0 Å². The van der Waals surface area contributed by atoms with Gasteiger partial charge in [0.2, 0.25) is 0 Å². The molecular formula is C15H16ClN. The number of hydrogen-bond donors (Lipinski definition) is 1. The third kappa shape index (κ3) is 2.87. The highest BCUT2D eigenvalue weighted by Crippen LogP contribution is 2.23. The van der Waals surface area contributed by atoms with Gasteiger partial charge in [0.1, 0.15) is 0 Å². The summed E-state index contributed by atoms with van der Waals surface area (Å²) in [7, 11) is 0. The maximum absolute atomic E-state index is 6.25. The second kappa shape index (κ2) is 5.35. The van der Waals surface area contributed by atoms with Crippen molar-refractivity contribution in [1.82, 2.24) is 0 Å². The van der Waals surface area contributed by atoms with Crippen molar-refractivity contribution in [3.63, 3.8) is 0 Å². The Morgan fingerprint density at radius 1 is 1.06 bits per heavy atom. The zero-order valence-corrected chi connectivity index (χ0v) is 10.6. The molecule has 0 radical (unpaired) electrons. The molecule has 0 saturated carbocycles. The molecule has 1 atom stereocenters. The number of aryl methyl sites for hydroxylation is 1. The minimum Gasteiger partial charge on any atom is -0.320 e. The monoisotopic (exact) mass is 245 g/mol. The van der Waals surface area contributed by atoms with E-state index >= 15 is 0 Å². The van der Waals surface area contributed by atoms with E-state index in [1.807, 2.05) is 24.3 Å². The van der Waals surface area contributed by atoms with Crippen molar-refractivity contribution in [2.45, 2.75) is 19.4 Å². The van der Waals surface area contributed by atoms with Crippen LogP contribution in [0.25, 0.3) is 0 Å². The first-order valence-corrected chi connectivity index (χ1v) is 6.18. The molecule has 2 rings (SSSR count). The van der Waals surface area contributed by atoms with E-state index in [4.69, 9.17) is 17.3 Å². The van der Waals surface area contributed by atoms with E-state index in [1.54, 1.807) is 0 Å². The molecule has 2 aromatic rings. The van der Waals surface area contributed by atoms with E-state index < -0.39 is 0 Å². The zero-order valence-electron chi connectivity index (χ0n) is 9.86. The van der Waals surface area contributed by atoms with E-state index in [2.05, 4.69) is 31.2 Å². The van der Waals surface area contributed by atoms with Gasteiger partial charge in [-0.05, 0) is 35.2 Å². The number of halogens is 1. The second-order valence-corrected chi connectivity index (χ2v) is 4.57. The Labute approximate surface area is 107 Å². The van der Waals surface area contributed by atoms with Gasteiger partial charge in [-0.1, -0.05) is 54.9 Å². The molecule has 0 aliphatic rings. The number of hydrogen-bond acceptors (Lipinski definition) is 1. The van der Waals surface area contributed by atoms with Crippen LogP contribution in [0.3, 0.4) is 0 Å². The van der Waals surface area contributed by atoms with Crippen molar-refractivity contribution in [3.05, 3.63) is 70.2 Å². The maximum atomic E-state index is 6.25. The average Bonchev–Trinajstić information content (AvgIpc) is 2.38. The van der Waals surface area contributed by atoms with Crippen molar-refractivity contribution >= 4 is 11.6 Å². The minimum absolute atomic E-state index is 0.111. The van der Waals surface area contributed by atoms with Crippen LogP contribution in [0.1, 0.15) is 29.7 Å². The van der Waals surface area contributed by atoms with E-state index in [0.717, 1.165) is 22.6 Å². The SMILES string of the molecule is CCc1cccc(C(N)c2cccc(Cl)c2)c1. The molecule has 0 spiro atoms. The molecule has 0 bridgehead atoms. The highest BCUT2D eigenvalue weighted by Gasteiger charge is 2.09. The maximum Gasteiger partial charge on any atom is 0.0552 e. The summed E-state index contributed by atoms with van der Waals surface area (Å²) >= 11 is 5.98. The van der Waals surface area contributed by atoms with Crippen LogP contribution >= 0.6 is 11.6 Å². The quantitative estimate of drug-likeness (QED) is 0.871. The Kier molecular flexibility index (Phi) is 3.82. The predicted molar refractivity (Wildman–Crippen MR) is 73.3 cm³/mol. The van der Waals surface area contributed by atoms with Gasteiger partial charge in [-0.3, -0.25) is 0 Å². The molecule has 0 fully saturated rings. The van der Waals surface area contributed by atoms with Gasteiger partial charge >= 0.3 is 0 Å². The third-order valence-corrected chi connectivity index (χ3v) is 3.16. The molecule has 17 heavy (non-hydrogen) atoms. The van der Waals surface area contributed by atoms with Crippen LogP contribution in [0.15, 0.2) is 48.5 Å². The summed E-state index contributed by atoms with van der Waals surface area (Å²) < 4.78 is 0. The van der Waals surface area contributed by atoms with Gasteiger partial charge in [-0.25, -0.2) is 0 Å². The number of rotatable bonds is 3. The molecule has 2 aromatic carbocycles. The van der Waals surface area contributed by atoms with Crippen molar-refractivity contribution in [2.24, 2.45) is 5.73 Å². The molecule has 0 aliphatic carbocycles. The largest absolute Gasteiger partial charge is 0.320 e. The fourth-order valence-corrected chi connectivity index (χ4v) is 2.10. The zero-order chi connectivity index (χ0) is 12.3. The normalized spacial score (nSPS) is 12.4. The van der Waals surface area contributed by atoms with E-state index in [9.17, 15) is 0 Å². The molecule has 2 N–H and O–H groups in total. The van der Waals surface area contributed by atoms with Crippen molar-refractivity contribution in [3.8, 4) is 0 Å². The Balaban J connectivity index is 2.33. The number of nitrogens with two attached hydrogens (primary N) is 1. The highest BCUT2D eigenvalue weighted by molar-refractivity contribution is 6.30. The van der Waals surface area contributed by atoms with Gasteiger partial charge in [0, 0.05) is 5.02 Å². The summed E-state index contributed by atoms with van der Waals surface area (Å²) in [5, 5.41) is 0.726. The molecule has 0 amide bonds. The molecule has 0 saturated heterocycles. The lowest BCUT2D eigenvalue weighted by molar-refractivity contribution is 0.867. The summed E-state index contributed by atoms with van der Waals surface area (Å²) in [6, 6.07) is 16.0. The topological polar surface area (TPSA) is 26.0 Å². The second-order valence-electron chi connectivity index (χ2n) is 4.13. The van der Waals surface area contributed by atoms with Gasteiger partial charge in [0.15, 0.2) is 0 Å². The van der Waals surface area contributed by atoms with Crippen molar-refractivity contribution in [2.75, 3.05) is 0 Å². The standard InChI is InChI=1S/C15H16ClN/c1-2-11-5-3-6-12(9-11)15(17)13-7-4-8-14(16)10-13/h3-10,15H,2,17H2,1H3. The van der Waals surface area contributed by atoms with Crippen LogP contribution in [-0.2, 0) is 6.42 Å². The van der Waals surface area contributed by atoms with Crippen LogP contribution in [0.5, 0.6) is 0 Å². The smallest absolute Gasteiger partial charge is 0.0552 e. The molecule has 2 heteroatoms. The highest BCUT2D eigenvalue weighted by atomic mass is 35.5. The lowest BCUT2D eigenvalue weighted by Crippen LogP contribution is -2.11. The Bertz CT molecular complexity index is 508. The summed E-state index contributed by atoms with van der Waals surface area (Å²) in [6.07, 6.45) is 1.02. The summed E-state index contributed by atoms with van der Waals surface area (Å²) in [5.41, 5.74) is 9.73. The van der Waals surface area contributed by atoms with E-state index in [0.29, 0.717) is 0 Å². The molecule has 0 aromatic heterocycles. The van der Waals surface area contributed by atoms with Gasteiger partial charge < -0.3 is 5.73 Å². The van der Waals surface area contributed by atoms with Crippen LogP contribution in [0, 0.1) is 0 Å². The molecule has 88 valence electrons. The summed E-state index contributed by atoms with van der Waals surface area (Å²) in [5.74, 6) is 0. The van der Waals surface area contributed by atoms with Crippen LogP contribution < -0.4 is 5.73 Å². The fraction of sp³-hybridized carbons (Fsp3) is 0.200. The molecule has 0 aliphatic heterocycles.